The summed E-state index contributed by atoms with van der Waals surface area (Å²) in [5, 5.41) is 0.0326. The molecule has 2 aromatic carbocycles. The Labute approximate surface area is 265 Å². The van der Waals surface area contributed by atoms with Gasteiger partial charge < -0.3 is 13.6 Å². The maximum absolute atomic E-state index is 14.2. The molecular weight excluding hydrogens is 567 g/mol. The van der Waals surface area contributed by atoms with Gasteiger partial charge in [0, 0.05) is 6.54 Å². The first kappa shape index (κ1) is 37.0. The molecule has 0 N–H and O–H groups in total. The molecule has 0 heterocycles. The van der Waals surface area contributed by atoms with Crippen LogP contribution in [-0.2, 0) is 20.1 Å². The zero-order valence-electron chi connectivity index (χ0n) is 29.1. The fraction of sp³-hybridized carbons (Fsp3) is 0.583. The molecule has 0 unspecified atom stereocenters. The van der Waals surface area contributed by atoms with Crippen LogP contribution < -0.4 is 0 Å². The number of carbonyl (C=O) groups excluding carboxylic acids is 1. The van der Waals surface area contributed by atoms with Gasteiger partial charge in [0.15, 0.2) is 16.6 Å². The Bertz CT molecular complexity index is 1130. The predicted molar refractivity (Wildman–Crippen MR) is 187 cm³/mol. The zero-order chi connectivity index (χ0) is 32.5. The van der Waals surface area contributed by atoms with Crippen molar-refractivity contribution in [3.05, 3.63) is 77.9 Å². The van der Waals surface area contributed by atoms with Crippen molar-refractivity contribution in [3.8, 4) is 0 Å². The van der Waals surface area contributed by atoms with Gasteiger partial charge in [-0.1, -0.05) is 114 Å². The molecule has 0 bridgehead atoms. The normalized spacial score (nSPS) is 15.3. The molecule has 5 nitrogen and oxygen atoms in total. The highest BCUT2D eigenvalue weighted by Gasteiger charge is 2.45. The minimum absolute atomic E-state index is 0.0326. The molecule has 2 aromatic rings. The number of benzene rings is 2. The van der Waals surface area contributed by atoms with Gasteiger partial charge in [-0.05, 0) is 75.1 Å². The molecule has 0 radical (unpaired) electrons. The molecule has 2 rings (SSSR count). The zero-order valence-corrected chi connectivity index (χ0v) is 31.1. The van der Waals surface area contributed by atoms with Gasteiger partial charge >= 0.3 is 6.09 Å². The standard InChI is InChI=1S/C36H59NO4Si2/c1-13-43(14-2,15-3)41-33(29(4)40-42(11,12)36(8,9)10)32(27-26-30-22-18-16-19-23-30)37(34(38)39-35(5,6)7)28-31-24-20-17-21-25-31/h16-27,29,32-33H,13-15,28H2,1-12H3/b27-26+/t29-,32-,33-/m0/s1. The van der Waals surface area contributed by atoms with Gasteiger partial charge in [0.05, 0.1) is 18.2 Å². The average molecular weight is 626 g/mol. The van der Waals surface area contributed by atoms with Gasteiger partial charge in [0.25, 0.3) is 0 Å². The second-order valence-corrected chi connectivity index (χ2v) is 23.7. The summed E-state index contributed by atoms with van der Waals surface area (Å²) in [6.45, 7) is 26.4. The van der Waals surface area contributed by atoms with Crippen LogP contribution in [0.15, 0.2) is 66.7 Å². The van der Waals surface area contributed by atoms with E-state index < -0.39 is 28.3 Å². The van der Waals surface area contributed by atoms with E-state index in [1.54, 1.807) is 0 Å². The molecule has 7 heteroatoms. The maximum atomic E-state index is 14.2. The average Bonchev–Trinajstić information content (AvgIpc) is 2.93. The second-order valence-electron chi connectivity index (χ2n) is 14.3. The number of rotatable bonds is 14. The topological polar surface area (TPSA) is 48.0 Å². The Hall–Kier alpha value is -2.20. The molecule has 0 saturated carbocycles. The molecule has 0 spiro atoms. The van der Waals surface area contributed by atoms with Crippen LogP contribution in [0.1, 0.15) is 80.4 Å². The fourth-order valence-electron chi connectivity index (χ4n) is 5.00. The lowest BCUT2D eigenvalue weighted by atomic mass is 10.0. The molecule has 0 fully saturated rings. The van der Waals surface area contributed by atoms with E-state index in [2.05, 4.69) is 98.0 Å². The highest BCUT2D eigenvalue weighted by Crippen LogP contribution is 2.39. The van der Waals surface area contributed by atoms with Crippen molar-refractivity contribution in [1.82, 2.24) is 4.90 Å². The summed E-state index contributed by atoms with van der Waals surface area (Å²) >= 11 is 0. The third-order valence-corrected chi connectivity index (χ3v) is 18.1. The first-order chi connectivity index (χ1) is 20.0. The van der Waals surface area contributed by atoms with E-state index in [0.29, 0.717) is 6.54 Å². The maximum Gasteiger partial charge on any atom is 0.411 e. The molecule has 0 aliphatic heterocycles. The van der Waals surface area contributed by atoms with Crippen LogP contribution in [0.25, 0.3) is 6.08 Å². The highest BCUT2D eigenvalue weighted by molar-refractivity contribution is 6.74. The van der Waals surface area contributed by atoms with Crippen LogP contribution in [-0.4, -0.2) is 51.5 Å². The van der Waals surface area contributed by atoms with Gasteiger partial charge in [-0.25, -0.2) is 4.79 Å². The van der Waals surface area contributed by atoms with Gasteiger partial charge in [-0.3, -0.25) is 4.90 Å². The molecule has 240 valence electrons. The minimum Gasteiger partial charge on any atom is -0.444 e. The molecule has 43 heavy (non-hydrogen) atoms. The van der Waals surface area contributed by atoms with Crippen molar-refractivity contribution in [2.24, 2.45) is 0 Å². The number of amides is 1. The predicted octanol–water partition coefficient (Wildman–Crippen LogP) is 10.3. The summed E-state index contributed by atoms with van der Waals surface area (Å²) < 4.78 is 20.5. The van der Waals surface area contributed by atoms with Crippen molar-refractivity contribution in [2.45, 2.75) is 136 Å². The van der Waals surface area contributed by atoms with Gasteiger partial charge in [0.2, 0.25) is 0 Å². The van der Waals surface area contributed by atoms with Crippen LogP contribution in [0.3, 0.4) is 0 Å². The van der Waals surface area contributed by atoms with Crippen LogP contribution in [0.2, 0.25) is 36.3 Å². The van der Waals surface area contributed by atoms with Crippen LogP contribution in [0.5, 0.6) is 0 Å². The Morgan fingerprint density at radius 1 is 0.837 bits per heavy atom. The number of carbonyl (C=O) groups is 1. The van der Waals surface area contributed by atoms with E-state index >= 15 is 0 Å². The third kappa shape index (κ3) is 11.0. The largest absolute Gasteiger partial charge is 0.444 e. The summed E-state index contributed by atoms with van der Waals surface area (Å²) in [5.41, 5.74) is 1.46. The monoisotopic (exact) mass is 625 g/mol. The first-order valence-corrected chi connectivity index (χ1v) is 21.5. The van der Waals surface area contributed by atoms with Crippen molar-refractivity contribution in [3.63, 3.8) is 0 Å². The van der Waals surface area contributed by atoms with Gasteiger partial charge in [-0.2, -0.15) is 0 Å². The van der Waals surface area contributed by atoms with E-state index in [1.165, 1.54) is 0 Å². The van der Waals surface area contributed by atoms with E-state index in [-0.39, 0.29) is 23.3 Å². The molecule has 1 amide bonds. The Morgan fingerprint density at radius 3 is 1.81 bits per heavy atom. The summed E-state index contributed by atoms with van der Waals surface area (Å²) in [6.07, 6.45) is 3.26. The minimum atomic E-state index is -2.17. The summed E-state index contributed by atoms with van der Waals surface area (Å²) in [7, 11) is -4.30. The number of hydrogen-bond donors (Lipinski definition) is 0. The third-order valence-electron chi connectivity index (χ3n) is 8.87. The molecule has 0 aliphatic carbocycles. The van der Waals surface area contributed by atoms with E-state index in [4.69, 9.17) is 13.6 Å². The lowest BCUT2D eigenvalue weighted by Crippen LogP contribution is -2.58. The van der Waals surface area contributed by atoms with Gasteiger partial charge in [-0.15, -0.1) is 0 Å². The van der Waals surface area contributed by atoms with Gasteiger partial charge in [0.1, 0.15) is 5.60 Å². The van der Waals surface area contributed by atoms with E-state index in [1.807, 2.05) is 62.1 Å². The van der Waals surface area contributed by atoms with Crippen LogP contribution >= 0.6 is 0 Å². The second kappa shape index (κ2) is 15.7. The number of nitrogens with zero attached hydrogens (tertiary/aromatic N) is 1. The quantitative estimate of drug-likeness (QED) is 0.196. The summed E-state index contributed by atoms with van der Waals surface area (Å²) in [4.78, 5) is 16.0. The fourth-order valence-corrected chi connectivity index (χ4v) is 9.32. The van der Waals surface area contributed by atoms with Crippen molar-refractivity contribution >= 4 is 28.8 Å². The smallest absolute Gasteiger partial charge is 0.411 e. The van der Waals surface area contributed by atoms with Crippen LogP contribution in [0.4, 0.5) is 4.79 Å². The van der Waals surface area contributed by atoms with Crippen LogP contribution in [0, 0.1) is 0 Å². The molecular formula is C36H59NO4Si2. The first-order valence-electron chi connectivity index (χ1n) is 16.1. The highest BCUT2D eigenvalue weighted by atomic mass is 28.4. The molecule has 0 aromatic heterocycles. The Morgan fingerprint density at radius 2 is 1.35 bits per heavy atom. The molecule has 0 saturated heterocycles. The van der Waals surface area contributed by atoms with Crippen molar-refractivity contribution < 1.29 is 18.4 Å². The number of ether oxygens (including phenoxy) is 1. The Kier molecular flexibility index (Phi) is 13.5. The van der Waals surface area contributed by atoms with E-state index in [0.717, 1.165) is 29.3 Å². The molecule has 3 atom stereocenters. The van der Waals surface area contributed by atoms with Crippen molar-refractivity contribution in [2.75, 3.05) is 0 Å². The molecule has 0 aliphatic rings. The summed E-state index contributed by atoms with van der Waals surface area (Å²) in [5.74, 6) is 0. The van der Waals surface area contributed by atoms with E-state index in [9.17, 15) is 4.79 Å². The Balaban J connectivity index is 2.80. The number of hydrogen-bond acceptors (Lipinski definition) is 4. The summed E-state index contributed by atoms with van der Waals surface area (Å²) in [6, 6.07) is 23.0. The van der Waals surface area contributed by atoms with Crippen molar-refractivity contribution in [1.29, 1.82) is 0 Å². The lowest BCUT2D eigenvalue weighted by Gasteiger charge is -2.46. The lowest BCUT2D eigenvalue weighted by molar-refractivity contribution is -0.0224. The SMILES string of the molecule is CC[Si](CC)(CC)O[C@@H]([C@H](C)O[Si](C)(C)C(C)(C)C)[C@H](/C=C/c1ccccc1)N(Cc1ccccc1)C(=O)OC(C)(C)C.